The van der Waals surface area contributed by atoms with Crippen molar-refractivity contribution in [3.05, 3.63) is 94.9 Å². The van der Waals surface area contributed by atoms with E-state index in [2.05, 4.69) is 10.6 Å². The van der Waals surface area contributed by atoms with Gasteiger partial charge in [0, 0.05) is 18.7 Å². The van der Waals surface area contributed by atoms with Gasteiger partial charge in [-0.05, 0) is 41.0 Å². The lowest BCUT2D eigenvalue weighted by atomic mass is 10.0. The minimum absolute atomic E-state index is 0.107. The van der Waals surface area contributed by atoms with Gasteiger partial charge in [0.05, 0.1) is 4.90 Å². The molecule has 31 heavy (non-hydrogen) atoms. The quantitative estimate of drug-likeness (QED) is 0.586. The number of sulfone groups is 1. The average Bonchev–Trinajstić information content (AvgIpc) is 3.08. The van der Waals surface area contributed by atoms with Gasteiger partial charge in [0.1, 0.15) is 4.91 Å². The highest BCUT2D eigenvalue weighted by Gasteiger charge is 2.33. The molecule has 2 amide bonds. The molecule has 0 saturated carbocycles. The summed E-state index contributed by atoms with van der Waals surface area (Å²) in [5.74, 6) is -0.952. The van der Waals surface area contributed by atoms with Crippen LogP contribution in [0.2, 0.25) is 0 Å². The molecule has 0 fully saturated rings. The largest absolute Gasteiger partial charge is 0.350 e. The van der Waals surface area contributed by atoms with Crippen molar-refractivity contribution in [2.45, 2.75) is 4.90 Å². The van der Waals surface area contributed by atoms with Gasteiger partial charge in [0.25, 0.3) is 11.8 Å². The first-order chi connectivity index (χ1) is 15.0. The van der Waals surface area contributed by atoms with Crippen LogP contribution in [0.5, 0.6) is 0 Å². The molecule has 156 valence electrons. The van der Waals surface area contributed by atoms with Gasteiger partial charge in [-0.15, -0.1) is 0 Å². The number of fused-ring (bicyclic) bond motifs is 1. The highest BCUT2D eigenvalue weighted by atomic mass is 32.2. The molecule has 1 aliphatic rings. The molecule has 0 bridgehead atoms. The van der Waals surface area contributed by atoms with Crippen LogP contribution >= 0.6 is 0 Å². The maximum Gasteiger partial charge on any atom is 0.263 e. The van der Waals surface area contributed by atoms with Crippen LogP contribution < -0.4 is 10.6 Å². The molecule has 0 saturated heterocycles. The molecular weight excluding hydrogens is 412 g/mol. The Bertz CT molecular complexity index is 1260. The number of carbonyl (C=O) groups is 2. The van der Waals surface area contributed by atoms with Crippen LogP contribution in [0.3, 0.4) is 0 Å². The maximum absolute atomic E-state index is 12.5. The Balaban J connectivity index is 1.29. The predicted molar refractivity (Wildman–Crippen MR) is 119 cm³/mol. The SMILES string of the molecule is O=C(NCCNC(=O)c1ccc(-c2ccccc2)cc1)C1=Cc2ccccc2S1(=O)=O. The molecule has 3 aromatic rings. The number of benzene rings is 3. The fourth-order valence-corrected chi connectivity index (χ4v) is 4.89. The van der Waals surface area contributed by atoms with E-state index in [0.717, 1.165) is 11.1 Å². The van der Waals surface area contributed by atoms with Gasteiger partial charge in [0.2, 0.25) is 9.84 Å². The number of hydrogen-bond acceptors (Lipinski definition) is 4. The van der Waals surface area contributed by atoms with Crippen molar-refractivity contribution in [1.82, 2.24) is 10.6 Å². The third-order valence-electron chi connectivity index (χ3n) is 4.96. The summed E-state index contributed by atoms with van der Waals surface area (Å²) in [5.41, 5.74) is 3.08. The fraction of sp³-hybridized carbons (Fsp3) is 0.0833. The molecule has 0 aromatic heterocycles. The van der Waals surface area contributed by atoms with Gasteiger partial charge in [-0.2, -0.15) is 0 Å². The summed E-state index contributed by atoms with van der Waals surface area (Å²) in [5, 5.41) is 5.27. The first-order valence-electron chi connectivity index (χ1n) is 9.74. The zero-order valence-electron chi connectivity index (χ0n) is 16.5. The first-order valence-corrected chi connectivity index (χ1v) is 11.2. The van der Waals surface area contributed by atoms with E-state index in [1.807, 2.05) is 42.5 Å². The zero-order valence-corrected chi connectivity index (χ0v) is 17.4. The Labute approximate surface area is 180 Å². The van der Waals surface area contributed by atoms with Gasteiger partial charge >= 0.3 is 0 Å². The third kappa shape index (κ3) is 4.27. The highest BCUT2D eigenvalue weighted by molar-refractivity contribution is 7.96. The Morgan fingerprint density at radius 2 is 1.26 bits per heavy atom. The molecule has 6 nitrogen and oxygen atoms in total. The number of rotatable bonds is 6. The van der Waals surface area contributed by atoms with Crippen molar-refractivity contribution in [1.29, 1.82) is 0 Å². The summed E-state index contributed by atoms with van der Waals surface area (Å²) in [4.78, 5) is 24.5. The van der Waals surface area contributed by atoms with E-state index < -0.39 is 15.7 Å². The van der Waals surface area contributed by atoms with Crippen LogP contribution in [-0.4, -0.2) is 33.3 Å². The van der Waals surface area contributed by atoms with E-state index in [4.69, 9.17) is 0 Å². The summed E-state index contributed by atoms with van der Waals surface area (Å²) >= 11 is 0. The van der Waals surface area contributed by atoms with Crippen molar-refractivity contribution in [3.8, 4) is 11.1 Å². The standard InChI is InChI=1S/C24H20N2O4S/c27-23(19-12-10-18(11-13-19)17-6-2-1-3-7-17)25-14-15-26-24(28)22-16-20-8-4-5-9-21(20)31(22,29)30/h1-13,16H,14-15H2,(H,25,27)(H,26,28). The van der Waals surface area contributed by atoms with Crippen molar-refractivity contribution >= 4 is 27.7 Å². The molecule has 2 N–H and O–H groups in total. The third-order valence-corrected chi connectivity index (χ3v) is 6.79. The van der Waals surface area contributed by atoms with Crippen LogP contribution in [0.4, 0.5) is 0 Å². The number of nitrogens with one attached hydrogen (secondary N) is 2. The number of carbonyl (C=O) groups excluding carboxylic acids is 2. The minimum Gasteiger partial charge on any atom is -0.350 e. The van der Waals surface area contributed by atoms with Gasteiger partial charge in [-0.3, -0.25) is 9.59 Å². The molecule has 0 radical (unpaired) electrons. The van der Waals surface area contributed by atoms with Crippen LogP contribution in [0, 0.1) is 0 Å². The molecule has 0 unspecified atom stereocenters. The normalized spacial score (nSPS) is 13.7. The van der Waals surface area contributed by atoms with Crippen LogP contribution in [0.15, 0.2) is 88.7 Å². The van der Waals surface area contributed by atoms with Crippen LogP contribution in [-0.2, 0) is 14.6 Å². The lowest BCUT2D eigenvalue weighted by molar-refractivity contribution is -0.116. The summed E-state index contributed by atoms with van der Waals surface area (Å²) < 4.78 is 25.0. The van der Waals surface area contributed by atoms with E-state index in [9.17, 15) is 18.0 Å². The smallest absolute Gasteiger partial charge is 0.263 e. The highest BCUT2D eigenvalue weighted by Crippen LogP contribution is 2.32. The summed E-state index contributed by atoms with van der Waals surface area (Å²) in [6.45, 7) is 0.279. The number of amides is 2. The molecule has 1 heterocycles. The topological polar surface area (TPSA) is 92.3 Å². The zero-order chi connectivity index (χ0) is 21.8. The summed E-state index contributed by atoms with van der Waals surface area (Å²) in [6.07, 6.45) is 1.37. The van der Waals surface area contributed by atoms with Crippen LogP contribution in [0.25, 0.3) is 17.2 Å². The molecular formula is C24H20N2O4S. The van der Waals surface area contributed by atoms with E-state index in [1.165, 1.54) is 12.1 Å². The Morgan fingerprint density at radius 1 is 0.677 bits per heavy atom. The van der Waals surface area contributed by atoms with Gasteiger partial charge in [0.15, 0.2) is 0 Å². The molecule has 0 spiro atoms. The van der Waals surface area contributed by atoms with Gasteiger partial charge in [-0.1, -0.05) is 60.7 Å². The first kappa shape index (κ1) is 20.6. The van der Waals surface area contributed by atoms with E-state index >= 15 is 0 Å². The van der Waals surface area contributed by atoms with Crippen molar-refractivity contribution in [2.75, 3.05) is 13.1 Å². The molecule has 0 atom stereocenters. The molecule has 3 aromatic carbocycles. The van der Waals surface area contributed by atoms with E-state index in [0.29, 0.717) is 11.1 Å². The Hall–Kier alpha value is -3.71. The molecule has 4 rings (SSSR count). The van der Waals surface area contributed by atoms with Crippen molar-refractivity contribution in [3.63, 3.8) is 0 Å². The van der Waals surface area contributed by atoms with Gasteiger partial charge in [-0.25, -0.2) is 8.42 Å². The van der Waals surface area contributed by atoms with Crippen molar-refractivity contribution in [2.24, 2.45) is 0 Å². The van der Waals surface area contributed by atoms with E-state index in [1.54, 1.807) is 30.3 Å². The second-order valence-corrected chi connectivity index (χ2v) is 8.89. The predicted octanol–water partition coefficient (Wildman–Crippen LogP) is 3.03. The lowest BCUT2D eigenvalue weighted by Gasteiger charge is -2.08. The summed E-state index contributed by atoms with van der Waals surface area (Å²) in [6, 6.07) is 23.5. The van der Waals surface area contributed by atoms with Crippen LogP contribution in [0.1, 0.15) is 15.9 Å². The molecule has 1 aliphatic heterocycles. The monoisotopic (exact) mass is 432 g/mol. The molecule has 7 heteroatoms. The molecule has 0 aliphatic carbocycles. The fourth-order valence-electron chi connectivity index (χ4n) is 3.36. The number of hydrogen-bond donors (Lipinski definition) is 2. The lowest BCUT2D eigenvalue weighted by Crippen LogP contribution is -2.36. The Kier molecular flexibility index (Phi) is 5.68. The summed E-state index contributed by atoms with van der Waals surface area (Å²) in [7, 11) is -3.81. The second kappa shape index (κ2) is 8.57. The maximum atomic E-state index is 12.5. The van der Waals surface area contributed by atoms with Crippen molar-refractivity contribution < 1.29 is 18.0 Å². The average molecular weight is 433 g/mol. The van der Waals surface area contributed by atoms with Gasteiger partial charge < -0.3 is 10.6 Å². The Morgan fingerprint density at radius 3 is 1.94 bits per heavy atom. The van der Waals surface area contributed by atoms with E-state index in [-0.39, 0.29) is 28.8 Å². The second-order valence-electron chi connectivity index (χ2n) is 7.01. The minimum atomic E-state index is -3.81.